The van der Waals surface area contributed by atoms with Gasteiger partial charge < -0.3 is 5.32 Å². The number of anilines is 1. The highest BCUT2D eigenvalue weighted by Crippen LogP contribution is 2.39. The molecule has 15 heavy (non-hydrogen) atoms. The highest BCUT2D eigenvalue weighted by Gasteiger charge is 2.42. The molecule has 1 aliphatic carbocycles. The van der Waals surface area contributed by atoms with Gasteiger partial charge in [-0.05, 0) is 37.8 Å². The molecule has 0 amide bonds. The van der Waals surface area contributed by atoms with E-state index in [1.807, 2.05) is 12.1 Å². The van der Waals surface area contributed by atoms with Gasteiger partial charge in [0.15, 0.2) is 0 Å². The lowest BCUT2D eigenvalue weighted by molar-refractivity contribution is 0.244. The van der Waals surface area contributed by atoms with Crippen LogP contribution in [0, 0.1) is 24.2 Å². The van der Waals surface area contributed by atoms with Gasteiger partial charge in [0.25, 0.3) is 0 Å². The molecule has 0 unspecified atom stereocenters. The van der Waals surface area contributed by atoms with Crippen LogP contribution in [0.2, 0.25) is 0 Å². The Morgan fingerprint density at radius 2 is 1.93 bits per heavy atom. The molecule has 1 aromatic carbocycles. The summed E-state index contributed by atoms with van der Waals surface area (Å²) in [6.45, 7) is 4.25. The third kappa shape index (κ3) is 1.97. The van der Waals surface area contributed by atoms with Crippen LogP contribution in [0.5, 0.6) is 0 Å². The van der Waals surface area contributed by atoms with Crippen molar-refractivity contribution in [1.29, 1.82) is 5.26 Å². The highest BCUT2D eigenvalue weighted by molar-refractivity contribution is 5.49. The Morgan fingerprint density at radius 1 is 1.33 bits per heavy atom. The molecule has 2 nitrogen and oxygen atoms in total. The van der Waals surface area contributed by atoms with Crippen molar-refractivity contribution in [3.8, 4) is 6.07 Å². The minimum atomic E-state index is -0.311. The third-order valence-electron chi connectivity index (χ3n) is 3.04. The van der Waals surface area contributed by atoms with Gasteiger partial charge in [-0.25, -0.2) is 0 Å². The van der Waals surface area contributed by atoms with Crippen molar-refractivity contribution in [1.82, 2.24) is 0 Å². The number of nitriles is 1. The summed E-state index contributed by atoms with van der Waals surface area (Å²) in [4.78, 5) is 0. The smallest absolute Gasteiger partial charge is 0.125 e. The molecule has 2 heteroatoms. The fourth-order valence-electron chi connectivity index (χ4n) is 2.26. The molecule has 0 heterocycles. The molecular formula is C13H16N2. The standard InChI is InChI=1S/C13H16N2/c1-10-3-5-12(6-4-10)15-13(9-14)7-11(2)8-13/h3-6,11,15H,7-8H2,1-2H3. The first-order valence-corrected chi connectivity index (χ1v) is 5.40. The molecule has 0 bridgehead atoms. The van der Waals surface area contributed by atoms with Gasteiger partial charge in [-0.1, -0.05) is 24.6 Å². The molecule has 1 aliphatic rings. The SMILES string of the molecule is Cc1ccc(NC2(C#N)CC(C)C2)cc1. The van der Waals surface area contributed by atoms with Crippen LogP contribution in [-0.4, -0.2) is 5.54 Å². The topological polar surface area (TPSA) is 35.8 Å². The van der Waals surface area contributed by atoms with Crippen LogP contribution in [0.3, 0.4) is 0 Å². The average Bonchev–Trinajstić information content (AvgIpc) is 2.18. The Balaban J connectivity index is 2.09. The first-order valence-electron chi connectivity index (χ1n) is 5.40. The van der Waals surface area contributed by atoms with Crippen LogP contribution in [0.4, 0.5) is 5.69 Å². The molecule has 78 valence electrons. The van der Waals surface area contributed by atoms with Crippen molar-refractivity contribution < 1.29 is 0 Å². The van der Waals surface area contributed by atoms with Gasteiger partial charge in [-0.3, -0.25) is 0 Å². The number of benzene rings is 1. The van der Waals surface area contributed by atoms with E-state index in [0.717, 1.165) is 18.5 Å². The van der Waals surface area contributed by atoms with E-state index in [1.165, 1.54) is 5.56 Å². The van der Waals surface area contributed by atoms with Crippen LogP contribution >= 0.6 is 0 Å². The normalized spacial score (nSPS) is 29.0. The van der Waals surface area contributed by atoms with Crippen molar-refractivity contribution in [3.05, 3.63) is 29.8 Å². The minimum absolute atomic E-state index is 0.311. The highest BCUT2D eigenvalue weighted by atomic mass is 15.0. The lowest BCUT2D eigenvalue weighted by Gasteiger charge is -2.42. The van der Waals surface area contributed by atoms with Crippen LogP contribution < -0.4 is 5.32 Å². The summed E-state index contributed by atoms with van der Waals surface area (Å²) >= 11 is 0. The van der Waals surface area contributed by atoms with E-state index in [2.05, 4.69) is 37.4 Å². The van der Waals surface area contributed by atoms with E-state index in [9.17, 15) is 0 Å². The van der Waals surface area contributed by atoms with Gasteiger partial charge in [0.1, 0.15) is 5.54 Å². The predicted molar refractivity (Wildman–Crippen MR) is 61.5 cm³/mol. The summed E-state index contributed by atoms with van der Waals surface area (Å²) in [5.74, 6) is 0.669. The quantitative estimate of drug-likeness (QED) is 0.796. The van der Waals surface area contributed by atoms with Crippen LogP contribution in [-0.2, 0) is 0 Å². The summed E-state index contributed by atoms with van der Waals surface area (Å²) in [7, 11) is 0. The van der Waals surface area contributed by atoms with E-state index >= 15 is 0 Å². The first-order chi connectivity index (χ1) is 7.13. The van der Waals surface area contributed by atoms with Gasteiger partial charge >= 0.3 is 0 Å². The van der Waals surface area contributed by atoms with Gasteiger partial charge in [0, 0.05) is 5.69 Å². The van der Waals surface area contributed by atoms with E-state index in [-0.39, 0.29) is 5.54 Å². The molecule has 0 radical (unpaired) electrons. The number of aryl methyl sites for hydroxylation is 1. The van der Waals surface area contributed by atoms with Gasteiger partial charge in [0.05, 0.1) is 6.07 Å². The van der Waals surface area contributed by atoms with E-state index in [1.54, 1.807) is 0 Å². The Morgan fingerprint density at radius 3 is 2.40 bits per heavy atom. The second-order valence-corrected chi connectivity index (χ2v) is 4.70. The molecule has 0 spiro atoms. The van der Waals surface area contributed by atoms with Crippen molar-refractivity contribution in [2.24, 2.45) is 5.92 Å². The summed E-state index contributed by atoms with van der Waals surface area (Å²) < 4.78 is 0. The predicted octanol–water partition coefficient (Wildman–Crippen LogP) is 3.10. The Labute approximate surface area is 90.9 Å². The molecule has 1 fully saturated rings. The number of rotatable bonds is 2. The number of nitrogens with zero attached hydrogens (tertiary/aromatic N) is 1. The Kier molecular flexibility index (Phi) is 2.40. The molecule has 1 aromatic rings. The Hall–Kier alpha value is -1.49. The number of nitrogens with one attached hydrogen (secondary N) is 1. The molecule has 0 saturated heterocycles. The second kappa shape index (κ2) is 3.58. The Bertz CT molecular complexity index is 380. The van der Waals surface area contributed by atoms with Crippen molar-refractivity contribution in [2.45, 2.75) is 32.2 Å². The number of hydrogen-bond donors (Lipinski definition) is 1. The van der Waals surface area contributed by atoms with Crippen molar-refractivity contribution >= 4 is 5.69 Å². The first kappa shape index (κ1) is 10.0. The van der Waals surface area contributed by atoms with E-state index in [4.69, 9.17) is 5.26 Å². The van der Waals surface area contributed by atoms with Gasteiger partial charge in [-0.2, -0.15) is 5.26 Å². The number of hydrogen-bond acceptors (Lipinski definition) is 2. The zero-order valence-electron chi connectivity index (χ0n) is 9.25. The van der Waals surface area contributed by atoms with Crippen LogP contribution in [0.1, 0.15) is 25.3 Å². The summed E-state index contributed by atoms with van der Waals surface area (Å²) in [6.07, 6.45) is 1.91. The maximum absolute atomic E-state index is 9.16. The second-order valence-electron chi connectivity index (χ2n) is 4.70. The zero-order chi connectivity index (χ0) is 10.9. The molecule has 1 saturated carbocycles. The fourth-order valence-corrected chi connectivity index (χ4v) is 2.26. The molecule has 0 aliphatic heterocycles. The minimum Gasteiger partial charge on any atom is -0.367 e. The third-order valence-corrected chi connectivity index (χ3v) is 3.04. The van der Waals surface area contributed by atoms with Gasteiger partial charge in [-0.15, -0.1) is 0 Å². The lowest BCUT2D eigenvalue weighted by atomic mass is 9.70. The van der Waals surface area contributed by atoms with Crippen LogP contribution in [0.15, 0.2) is 24.3 Å². The molecule has 2 rings (SSSR count). The van der Waals surface area contributed by atoms with E-state index < -0.39 is 0 Å². The van der Waals surface area contributed by atoms with Crippen molar-refractivity contribution in [2.75, 3.05) is 5.32 Å². The van der Waals surface area contributed by atoms with E-state index in [0.29, 0.717) is 5.92 Å². The molecular weight excluding hydrogens is 184 g/mol. The summed E-state index contributed by atoms with van der Waals surface area (Å²) in [5, 5.41) is 12.5. The van der Waals surface area contributed by atoms with Gasteiger partial charge in [0.2, 0.25) is 0 Å². The van der Waals surface area contributed by atoms with Crippen molar-refractivity contribution in [3.63, 3.8) is 0 Å². The molecule has 1 N–H and O–H groups in total. The molecule has 0 aromatic heterocycles. The summed E-state index contributed by atoms with van der Waals surface area (Å²) in [6, 6.07) is 10.6. The largest absolute Gasteiger partial charge is 0.367 e. The monoisotopic (exact) mass is 200 g/mol. The lowest BCUT2D eigenvalue weighted by Crippen LogP contribution is -2.48. The maximum Gasteiger partial charge on any atom is 0.125 e. The van der Waals surface area contributed by atoms with Crippen LogP contribution in [0.25, 0.3) is 0 Å². The zero-order valence-corrected chi connectivity index (χ0v) is 9.25. The fraction of sp³-hybridized carbons (Fsp3) is 0.462. The average molecular weight is 200 g/mol. The maximum atomic E-state index is 9.16. The molecule has 0 atom stereocenters. The summed E-state index contributed by atoms with van der Waals surface area (Å²) in [5.41, 5.74) is 1.98.